The van der Waals surface area contributed by atoms with E-state index in [1.54, 1.807) is 23.0 Å². The Morgan fingerprint density at radius 1 is 1.09 bits per heavy atom. The minimum Gasteiger partial charge on any atom is -0.487 e. The second-order valence-electron chi connectivity index (χ2n) is 9.74. The van der Waals surface area contributed by atoms with Crippen molar-refractivity contribution in [2.24, 2.45) is 5.41 Å². The number of aryl methyl sites for hydroxylation is 1. The van der Waals surface area contributed by atoms with Crippen molar-refractivity contribution in [2.45, 2.75) is 26.0 Å². The van der Waals surface area contributed by atoms with Gasteiger partial charge in [0.1, 0.15) is 12.4 Å². The summed E-state index contributed by atoms with van der Waals surface area (Å²) < 4.78 is 7.47. The van der Waals surface area contributed by atoms with Crippen molar-refractivity contribution in [1.29, 1.82) is 0 Å². The SMILES string of the molecule is O=c1cc(OCc2ccc(Cl)cn2)ccn1C1=Cc2ccc(CN3CC4(CNC4)C3)cc2CC1. The maximum absolute atomic E-state index is 12.8. The van der Waals surface area contributed by atoms with E-state index in [-0.39, 0.29) is 12.2 Å². The van der Waals surface area contributed by atoms with E-state index in [0.29, 0.717) is 16.2 Å². The van der Waals surface area contributed by atoms with Gasteiger partial charge in [-0.15, -0.1) is 0 Å². The van der Waals surface area contributed by atoms with Gasteiger partial charge in [-0.3, -0.25) is 19.2 Å². The number of rotatable bonds is 6. The van der Waals surface area contributed by atoms with E-state index in [4.69, 9.17) is 16.3 Å². The average Bonchev–Trinajstić information content (AvgIpc) is 2.79. The van der Waals surface area contributed by atoms with E-state index in [1.165, 1.54) is 48.9 Å². The van der Waals surface area contributed by atoms with Crippen LogP contribution < -0.4 is 15.6 Å². The van der Waals surface area contributed by atoms with Crippen LogP contribution >= 0.6 is 11.6 Å². The maximum Gasteiger partial charge on any atom is 0.258 e. The Morgan fingerprint density at radius 2 is 1.97 bits per heavy atom. The molecular weight excluding hydrogens is 448 g/mol. The van der Waals surface area contributed by atoms with Gasteiger partial charge in [0.25, 0.3) is 5.56 Å². The summed E-state index contributed by atoms with van der Waals surface area (Å²) in [7, 11) is 0. The van der Waals surface area contributed by atoms with Gasteiger partial charge in [0.15, 0.2) is 0 Å². The normalized spacial score (nSPS) is 18.6. The molecule has 0 radical (unpaired) electrons. The molecular formula is C27H27ClN4O2. The van der Waals surface area contributed by atoms with Crippen molar-refractivity contribution in [3.63, 3.8) is 0 Å². The zero-order valence-electron chi connectivity index (χ0n) is 19.0. The van der Waals surface area contributed by atoms with Crippen molar-refractivity contribution >= 4 is 23.4 Å². The minimum absolute atomic E-state index is 0.0925. The van der Waals surface area contributed by atoms with E-state index in [2.05, 4.69) is 39.5 Å². The van der Waals surface area contributed by atoms with Crippen LogP contribution in [0.1, 0.15) is 28.8 Å². The Balaban J connectivity index is 1.12. The summed E-state index contributed by atoms with van der Waals surface area (Å²) in [6.45, 7) is 6.08. The molecule has 4 heterocycles. The molecule has 6 nitrogen and oxygen atoms in total. The molecule has 6 rings (SSSR count). The summed E-state index contributed by atoms with van der Waals surface area (Å²) in [5.74, 6) is 0.532. The number of benzene rings is 1. The lowest BCUT2D eigenvalue weighted by Gasteiger charge is -2.56. The van der Waals surface area contributed by atoms with E-state index in [1.807, 2.05) is 12.1 Å². The highest BCUT2D eigenvalue weighted by molar-refractivity contribution is 6.30. The summed E-state index contributed by atoms with van der Waals surface area (Å²) in [6.07, 6.45) is 7.30. The van der Waals surface area contributed by atoms with Crippen molar-refractivity contribution < 1.29 is 4.74 Å². The van der Waals surface area contributed by atoms with Crippen molar-refractivity contribution in [3.05, 3.63) is 92.6 Å². The highest BCUT2D eigenvalue weighted by Crippen LogP contribution is 2.35. The topological polar surface area (TPSA) is 59.4 Å². The number of hydrogen-bond acceptors (Lipinski definition) is 5. The summed E-state index contributed by atoms with van der Waals surface area (Å²) in [5.41, 5.74) is 6.19. The van der Waals surface area contributed by atoms with Crippen LogP contribution in [0, 0.1) is 5.41 Å². The number of allylic oxidation sites excluding steroid dienone is 1. The van der Waals surface area contributed by atoms with Crippen molar-refractivity contribution in [1.82, 2.24) is 19.8 Å². The van der Waals surface area contributed by atoms with E-state index < -0.39 is 0 Å². The van der Waals surface area contributed by atoms with Crippen LogP contribution in [0.3, 0.4) is 0 Å². The van der Waals surface area contributed by atoms with Gasteiger partial charge in [0.2, 0.25) is 0 Å². The van der Waals surface area contributed by atoms with Gasteiger partial charge < -0.3 is 10.1 Å². The van der Waals surface area contributed by atoms with Gasteiger partial charge in [-0.05, 0) is 53.8 Å². The molecule has 0 amide bonds. The number of likely N-dealkylation sites (tertiary alicyclic amines) is 1. The molecule has 3 aromatic rings. The van der Waals surface area contributed by atoms with E-state index in [9.17, 15) is 4.79 Å². The van der Waals surface area contributed by atoms with E-state index in [0.717, 1.165) is 30.8 Å². The summed E-state index contributed by atoms with van der Waals surface area (Å²) in [4.78, 5) is 19.6. The molecule has 2 saturated heterocycles. The molecule has 3 aliphatic rings. The number of ether oxygens (including phenoxy) is 1. The lowest BCUT2D eigenvalue weighted by atomic mass is 9.74. The zero-order valence-corrected chi connectivity index (χ0v) is 19.7. The third kappa shape index (κ3) is 4.29. The monoisotopic (exact) mass is 474 g/mol. The zero-order chi connectivity index (χ0) is 23.1. The highest BCUT2D eigenvalue weighted by atomic mass is 35.5. The van der Waals surface area contributed by atoms with E-state index >= 15 is 0 Å². The molecule has 34 heavy (non-hydrogen) atoms. The molecule has 0 unspecified atom stereocenters. The predicted molar refractivity (Wildman–Crippen MR) is 134 cm³/mol. The molecule has 1 aliphatic carbocycles. The first-order chi connectivity index (χ1) is 16.6. The predicted octanol–water partition coefficient (Wildman–Crippen LogP) is 3.83. The fraction of sp³-hybridized carbons (Fsp3) is 0.333. The first-order valence-electron chi connectivity index (χ1n) is 11.8. The van der Waals surface area contributed by atoms with Crippen LogP contribution in [0.25, 0.3) is 11.8 Å². The Morgan fingerprint density at radius 3 is 2.71 bits per heavy atom. The van der Waals surface area contributed by atoms with Gasteiger partial charge in [-0.2, -0.15) is 0 Å². The van der Waals surface area contributed by atoms with Crippen LogP contribution in [-0.4, -0.2) is 40.6 Å². The van der Waals surface area contributed by atoms with Crippen LogP contribution in [0.2, 0.25) is 5.02 Å². The lowest BCUT2D eigenvalue weighted by Crippen LogP contribution is -2.70. The molecule has 1 N–H and O–H groups in total. The minimum atomic E-state index is -0.0925. The standard InChI is InChI=1S/C27H27ClN4O2/c28-22-4-5-23(30-12-22)14-34-25-7-8-32(26(33)11-25)24-6-3-20-9-19(1-2-21(20)10-24)13-31-17-27(18-31)15-29-16-27/h1-2,4-5,7-12,29H,3,6,13-18H2. The molecule has 1 aromatic carbocycles. The molecule has 2 aliphatic heterocycles. The van der Waals surface area contributed by atoms with Crippen LogP contribution in [-0.2, 0) is 19.6 Å². The molecule has 2 fully saturated rings. The van der Waals surface area contributed by atoms with Crippen molar-refractivity contribution in [2.75, 3.05) is 26.2 Å². The third-order valence-electron chi connectivity index (χ3n) is 7.08. The first-order valence-corrected chi connectivity index (χ1v) is 12.1. The number of halogens is 1. The third-order valence-corrected chi connectivity index (χ3v) is 7.30. The quantitative estimate of drug-likeness (QED) is 0.588. The summed E-state index contributed by atoms with van der Waals surface area (Å²) >= 11 is 5.87. The van der Waals surface area contributed by atoms with Crippen LogP contribution in [0.4, 0.5) is 0 Å². The molecule has 0 saturated carbocycles. The molecule has 7 heteroatoms. The van der Waals surface area contributed by atoms with Crippen LogP contribution in [0.15, 0.2) is 59.7 Å². The number of fused-ring (bicyclic) bond motifs is 1. The maximum atomic E-state index is 12.8. The molecule has 0 atom stereocenters. The average molecular weight is 475 g/mol. The summed E-state index contributed by atoms with van der Waals surface area (Å²) in [6, 6.07) is 13.7. The molecule has 2 aromatic heterocycles. The largest absolute Gasteiger partial charge is 0.487 e. The first kappa shape index (κ1) is 21.6. The van der Waals surface area contributed by atoms with Gasteiger partial charge in [-0.1, -0.05) is 29.8 Å². The van der Waals surface area contributed by atoms with Crippen LogP contribution in [0.5, 0.6) is 5.75 Å². The number of hydrogen-bond donors (Lipinski definition) is 1. The highest BCUT2D eigenvalue weighted by Gasteiger charge is 2.47. The van der Waals surface area contributed by atoms with Crippen molar-refractivity contribution in [3.8, 4) is 5.75 Å². The molecule has 174 valence electrons. The number of nitrogens with zero attached hydrogens (tertiary/aromatic N) is 3. The fourth-order valence-electron chi connectivity index (χ4n) is 5.23. The Kier molecular flexibility index (Phi) is 5.52. The van der Waals surface area contributed by atoms with Gasteiger partial charge in [0.05, 0.1) is 10.7 Å². The summed E-state index contributed by atoms with van der Waals surface area (Å²) in [5, 5.41) is 3.98. The fourth-order valence-corrected chi connectivity index (χ4v) is 5.34. The Labute approximate surface area is 203 Å². The second-order valence-corrected chi connectivity index (χ2v) is 10.2. The smallest absolute Gasteiger partial charge is 0.258 e. The molecule has 0 bridgehead atoms. The Hall–Kier alpha value is -2.93. The Bertz CT molecular complexity index is 1300. The van der Waals surface area contributed by atoms with Gasteiger partial charge in [0, 0.05) is 62.3 Å². The second kappa shape index (κ2) is 8.69. The lowest BCUT2D eigenvalue weighted by molar-refractivity contribution is -0.0444. The number of pyridine rings is 2. The van der Waals surface area contributed by atoms with Gasteiger partial charge in [-0.25, -0.2) is 0 Å². The van der Waals surface area contributed by atoms with Gasteiger partial charge >= 0.3 is 0 Å². The number of nitrogens with one attached hydrogen (secondary N) is 1. The molecule has 1 spiro atoms. The number of aromatic nitrogens is 2.